The molecule has 2 fully saturated rings. The van der Waals surface area contributed by atoms with Crippen molar-refractivity contribution >= 4 is 21.8 Å². The van der Waals surface area contributed by atoms with E-state index >= 15 is 0 Å². The number of rotatable bonds is 1. The third-order valence-electron chi connectivity index (χ3n) is 4.14. The van der Waals surface area contributed by atoms with Gasteiger partial charge in [0.15, 0.2) is 0 Å². The van der Waals surface area contributed by atoms with E-state index in [2.05, 4.69) is 32.7 Å². The summed E-state index contributed by atoms with van der Waals surface area (Å²) in [6.45, 7) is 5.16. The maximum atomic E-state index is 12.5. The van der Waals surface area contributed by atoms with E-state index in [9.17, 15) is 4.79 Å². The first kappa shape index (κ1) is 13.1. The smallest absolute Gasteiger partial charge is 0.272 e. The summed E-state index contributed by atoms with van der Waals surface area (Å²) < 4.78 is 0.901. The molecule has 2 saturated heterocycles. The predicted molar refractivity (Wildman–Crippen MR) is 77.0 cm³/mol. The number of piperazine rings is 1. The standard InChI is InChI=1S/C14H18BrN3O/c1-10-8-17-6-2-3-12(17)9-18(10)14(19)13-5-4-11(15)7-16-13/h4-5,7,10,12H,2-3,6,8-9H2,1H3. The first-order valence-corrected chi connectivity index (χ1v) is 7.61. The number of nitrogens with zero attached hydrogens (tertiary/aromatic N) is 3. The molecule has 0 aliphatic carbocycles. The molecule has 0 spiro atoms. The molecule has 2 atom stereocenters. The molecule has 1 aromatic heterocycles. The third-order valence-corrected chi connectivity index (χ3v) is 4.61. The number of carbonyl (C=O) groups is 1. The van der Waals surface area contributed by atoms with Crippen molar-refractivity contribution in [3.8, 4) is 0 Å². The van der Waals surface area contributed by atoms with E-state index < -0.39 is 0 Å². The molecule has 4 nitrogen and oxygen atoms in total. The predicted octanol–water partition coefficient (Wildman–Crippen LogP) is 2.15. The highest BCUT2D eigenvalue weighted by Gasteiger charge is 2.36. The van der Waals surface area contributed by atoms with Crippen molar-refractivity contribution in [2.24, 2.45) is 0 Å². The SMILES string of the molecule is CC1CN2CCCC2CN1C(=O)c1ccc(Br)cn1. The van der Waals surface area contributed by atoms with Gasteiger partial charge in [-0.1, -0.05) is 0 Å². The number of halogens is 1. The van der Waals surface area contributed by atoms with Gasteiger partial charge in [0.1, 0.15) is 5.69 Å². The van der Waals surface area contributed by atoms with Gasteiger partial charge < -0.3 is 4.90 Å². The van der Waals surface area contributed by atoms with E-state index in [-0.39, 0.29) is 11.9 Å². The molecule has 0 bridgehead atoms. The zero-order valence-corrected chi connectivity index (χ0v) is 12.6. The fourth-order valence-corrected chi connectivity index (χ4v) is 3.35. The van der Waals surface area contributed by atoms with Crippen molar-refractivity contribution in [3.05, 3.63) is 28.5 Å². The van der Waals surface area contributed by atoms with Gasteiger partial charge in [-0.15, -0.1) is 0 Å². The fourth-order valence-electron chi connectivity index (χ4n) is 3.12. The number of hydrogen-bond acceptors (Lipinski definition) is 3. The summed E-state index contributed by atoms with van der Waals surface area (Å²) in [6, 6.07) is 4.49. The minimum Gasteiger partial charge on any atom is -0.332 e. The average Bonchev–Trinajstić information content (AvgIpc) is 2.85. The Labute approximate surface area is 121 Å². The van der Waals surface area contributed by atoms with E-state index in [1.54, 1.807) is 12.3 Å². The number of hydrogen-bond donors (Lipinski definition) is 0. The molecule has 3 heterocycles. The molecular weight excluding hydrogens is 306 g/mol. The Bertz CT molecular complexity index is 476. The van der Waals surface area contributed by atoms with E-state index in [0.717, 1.165) is 17.6 Å². The molecule has 19 heavy (non-hydrogen) atoms. The molecule has 3 rings (SSSR count). The first-order chi connectivity index (χ1) is 9.15. The molecule has 2 aliphatic rings. The molecule has 0 saturated carbocycles. The maximum Gasteiger partial charge on any atom is 0.272 e. The van der Waals surface area contributed by atoms with E-state index in [1.165, 1.54) is 19.4 Å². The zero-order chi connectivity index (χ0) is 13.4. The van der Waals surface area contributed by atoms with E-state index in [0.29, 0.717) is 11.7 Å². The van der Waals surface area contributed by atoms with Crippen molar-refractivity contribution in [2.75, 3.05) is 19.6 Å². The summed E-state index contributed by atoms with van der Waals surface area (Å²) in [5.74, 6) is 0.0616. The maximum absolute atomic E-state index is 12.5. The van der Waals surface area contributed by atoms with Crippen LogP contribution in [0.3, 0.4) is 0 Å². The van der Waals surface area contributed by atoms with Gasteiger partial charge in [-0.05, 0) is 54.4 Å². The van der Waals surface area contributed by atoms with Crippen molar-refractivity contribution in [2.45, 2.75) is 31.8 Å². The topological polar surface area (TPSA) is 36.4 Å². The van der Waals surface area contributed by atoms with Crippen molar-refractivity contribution in [1.29, 1.82) is 0 Å². The van der Waals surface area contributed by atoms with Gasteiger partial charge >= 0.3 is 0 Å². The number of aromatic nitrogens is 1. The molecule has 0 N–H and O–H groups in total. The minimum absolute atomic E-state index is 0.0616. The highest BCUT2D eigenvalue weighted by atomic mass is 79.9. The fraction of sp³-hybridized carbons (Fsp3) is 0.571. The summed E-state index contributed by atoms with van der Waals surface area (Å²) in [5.41, 5.74) is 0.543. The summed E-state index contributed by atoms with van der Waals surface area (Å²) in [6.07, 6.45) is 4.16. The van der Waals surface area contributed by atoms with E-state index in [4.69, 9.17) is 0 Å². The molecule has 102 valence electrons. The van der Waals surface area contributed by atoms with Gasteiger partial charge in [0.05, 0.1) is 0 Å². The summed E-state index contributed by atoms with van der Waals surface area (Å²) >= 11 is 3.35. The van der Waals surface area contributed by atoms with Crippen molar-refractivity contribution in [3.63, 3.8) is 0 Å². The Morgan fingerprint density at radius 2 is 2.26 bits per heavy atom. The zero-order valence-electron chi connectivity index (χ0n) is 11.1. The Kier molecular flexibility index (Phi) is 3.58. The number of pyridine rings is 1. The van der Waals surface area contributed by atoms with Crippen LogP contribution in [0.25, 0.3) is 0 Å². The number of amides is 1. The summed E-state index contributed by atoms with van der Waals surface area (Å²) in [5, 5.41) is 0. The molecule has 0 radical (unpaired) electrons. The molecule has 0 aromatic carbocycles. The van der Waals surface area contributed by atoms with Crippen LogP contribution >= 0.6 is 15.9 Å². The van der Waals surface area contributed by atoms with Gasteiger partial charge in [-0.25, -0.2) is 4.98 Å². The average molecular weight is 324 g/mol. The second-order valence-electron chi connectivity index (χ2n) is 5.46. The van der Waals surface area contributed by atoms with Crippen molar-refractivity contribution < 1.29 is 4.79 Å². The van der Waals surface area contributed by atoms with E-state index in [1.807, 2.05) is 11.0 Å². The van der Waals surface area contributed by atoms with Crippen LogP contribution in [0.5, 0.6) is 0 Å². The summed E-state index contributed by atoms with van der Waals surface area (Å²) in [4.78, 5) is 21.3. The summed E-state index contributed by atoms with van der Waals surface area (Å²) in [7, 11) is 0. The van der Waals surface area contributed by atoms with Crippen LogP contribution in [0.15, 0.2) is 22.8 Å². The van der Waals surface area contributed by atoms with Crippen LogP contribution < -0.4 is 0 Å². The van der Waals surface area contributed by atoms with Crippen LogP contribution in [0.1, 0.15) is 30.3 Å². The lowest BCUT2D eigenvalue weighted by Crippen LogP contribution is -2.56. The molecule has 5 heteroatoms. The van der Waals surface area contributed by atoms with Gasteiger partial charge in [0, 0.05) is 35.8 Å². The number of fused-ring (bicyclic) bond motifs is 1. The van der Waals surface area contributed by atoms with Crippen LogP contribution in [0.4, 0.5) is 0 Å². The monoisotopic (exact) mass is 323 g/mol. The third kappa shape index (κ3) is 2.54. The molecule has 2 aliphatic heterocycles. The van der Waals surface area contributed by atoms with Crippen LogP contribution in [-0.4, -0.2) is 52.4 Å². The van der Waals surface area contributed by atoms with Crippen LogP contribution in [-0.2, 0) is 0 Å². The largest absolute Gasteiger partial charge is 0.332 e. The number of carbonyl (C=O) groups excluding carboxylic acids is 1. The molecule has 1 aromatic rings. The Morgan fingerprint density at radius 3 is 3.00 bits per heavy atom. The molecular formula is C14H18BrN3O. The van der Waals surface area contributed by atoms with Gasteiger partial charge in [0.25, 0.3) is 5.91 Å². The second kappa shape index (κ2) is 5.21. The van der Waals surface area contributed by atoms with Crippen LogP contribution in [0, 0.1) is 0 Å². The highest BCUT2D eigenvalue weighted by molar-refractivity contribution is 9.10. The second-order valence-corrected chi connectivity index (χ2v) is 6.37. The highest BCUT2D eigenvalue weighted by Crippen LogP contribution is 2.25. The quantitative estimate of drug-likeness (QED) is 0.794. The Hall–Kier alpha value is -0.940. The van der Waals surface area contributed by atoms with Gasteiger partial charge in [-0.2, -0.15) is 0 Å². The Morgan fingerprint density at radius 1 is 1.42 bits per heavy atom. The van der Waals surface area contributed by atoms with Gasteiger partial charge in [0.2, 0.25) is 0 Å². The lowest BCUT2D eigenvalue weighted by Gasteiger charge is -2.42. The lowest BCUT2D eigenvalue weighted by molar-refractivity contribution is 0.0390. The molecule has 2 unspecified atom stereocenters. The lowest BCUT2D eigenvalue weighted by atomic mass is 10.1. The van der Waals surface area contributed by atoms with Crippen LogP contribution in [0.2, 0.25) is 0 Å². The first-order valence-electron chi connectivity index (χ1n) is 6.82. The normalized spacial score (nSPS) is 27.4. The molecule has 1 amide bonds. The minimum atomic E-state index is 0.0616. The van der Waals surface area contributed by atoms with Gasteiger partial charge in [-0.3, -0.25) is 9.69 Å². The van der Waals surface area contributed by atoms with Crippen molar-refractivity contribution in [1.82, 2.24) is 14.8 Å². The Balaban J connectivity index is 1.77.